The Morgan fingerprint density at radius 3 is 2.30 bits per heavy atom. The summed E-state index contributed by atoms with van der Waals surface area (Å²) < 4.78 is 5.70. The molecule has 2 aromatic carbocycles. The zero-order valence-corrected chi connectivity index (χ0v) is 16.5. The van der Waals surface area contributed by atoms with Crippen LogP contribution >= 0.6 is 0 Å². The van der Waals surface area contributed by atoms with Crippen LogP contribution in [0.3, 0.4) is 0 Å². The van der Waals surface area contributed by atoms with Gasteiger partial charge in [-0.2, -0.15) is 0 Å². The van der Waals surface area contributed by atoms with Gasteiger partial charge in [-0.1, -0.05) is 37.3 Å². The molecule has 1 amide bonds. The minimum Gasteiger partial charge on any atom is -0.481 e. The number of piperidine rings is 1. The Morgan fingerprint density at radius 2 is 1.67 bits per heavy atom. The Morgan fingerprint density at radius 1 is 1.04 bits per heavy atom. The molecular weight excluding hydrogens is 336 g/mol. The number of anilines is 1. The maximum Gasteiger partial charge on any atom is 0.261 e. The maximum absolute atomic E-state index is 12.4. The lowest BCUT2D eigenvalue weighted by molar-refractivity contribution is -0.127. The van der Waals surface area contributed by atoms with Crippen molar-refractivity contribution in [3.8, 4) is 5.75 Å². The number of carbonyl (C=O) groups excluding carboxylic acids is 1. The predicted octanol–water partition coefficient (Wildman–Crippen LogP) is 4.57. The van der Waals surface area contributed by atoms with Crippen molar-refractivity contribution in [2.75, 3.05) is 18.0 Å². The Bertz CT molecular complexity index is 722. The highest BCUT2D eigenvalue weighted by Crippen LogP contribution is 2.24. The molecule has 0 saturated carbocycles. The molecule has 4 nitrogen and oxygen atoms in total. The first-order valence-electron chi connectivity index (χ1n) is 9.90. The second-order valence-electron chi connectivity index (χ2n) is 7.56. The first-order chi connectivity index (χ1) is 13.0. The third-order valence-electron chi connectivity index (χ3n) is 5.33. The zero-order chi connectivity index (χ0) is 19.2. The van der Waals surface area contributed by atoms with Gasteiger partial charge in [0.25, 0.3) is 5.91 Å². The van der Waals surface area contributed by atoms with Crippen LogP contribution in [0.4, 0.5) is 5.69 Å². The molecule has 3 rings (SSSR count). The number of carbonyl (C=O) groups is 1. The minimum atomic E-state index is -0.538. The fourth-order valence-corrected chi connectivity index (χ4v) is 3.41. The van der Waals surface area contributed by atoms with Gasteiger partial charge in [-0.15, -0.1) is 0 Å². The highest BCUT2D eigenvalue weighted by Gasteiger charge is 2.19. The summed E-state index contributed by atoms with van der Waals surface area (Å²) in [5.74, 6) is 1.42. The van der Waals surface area contributed by atoms with Gasteiger partial charge in [0.05, 0.1) is 6.04 Å². The van der Waals surface area contributed by atoms with E-state index in [4.69, 9.17) is 4.74 Å². The number of nitrogens with zero attached hydrogens (tertiary/aromatic N) is 1. The molecule has 0 aromatic heterocycles. The quantitative estimate of drug-likeness (QED) is 0.814. The number of amides is 1. The molecule has 2 atom stereocenters. The summed E-state index contributed by atoms with van der Waals surface area (Å²) in [6, 6.07) is 17.9. The summed E-state index contributed by atoms with van der Waals surface area (Å²) in [6.07, 6.45) is 1.98. The molecule has 1 saturated heterocycles. The lowest BCUT2D eigenvalue weighted by Crippen LogP contribution is -2.37. The van der Waals surface area contributed by atoms with Gasteiger partial charge in [0.15, 0.2) is 6.10 Å². The van der Waals surface area contributed by atoms with Crippen molar-refractivity contribution in [2.45, 2.75) is 45.8 Å². The van der Waals surface area contributed by atoms with E-state index in [0.717, 1.165) is 24.6 Å². The van der Waals surface area contributed by atoms with Crippen LogP contribution in [0.2, 0.25) is 0 Å². The summed E-state index contributed by atoms with van der Waals surface area (Å²) in [5.41, 5.74) is 2.37. The summed E-state index contributed by atoms with van der Waals surface area (Å²) in [5, 5.41) is 3.04. The molecule has 0 unspecified atom stereocenters. The Balaban J connectivity index is 1.54. The normalized spacial score (nSPS) is 17.2. The van der Waals surface area contributed by atoms with Gasteiger partial charge in [0.1, 0.15) is 5.75 Å². The first-order valence-corrected chi connectivity index (χ1v) is 9.90. The third-order valence-corrected chi connectivity index (χ3v) is 5.33. The van der Waals surface area contributed by atoms with Gasteiger partial charge in [-0.25, -0.2) is 0 Å². The van der Waals surface area contributed by atoms with E-state index in [2.05, 4.69) is 41.4 Å². The van der Waals surface area contributed by atoms with E-state index in [0.29, 0.717) is 5.75 Å². The number of rotatable bonds is 6. The largest absolute Gasteiger partial charge is 0.481 e. The molecule has 1 N–H and O–H groups in total. The number of benzene rings is 2. The molecule has 144 valence electrons. The molecule has 0 radical (unpaired) electrons. The Labute approximate surface area is 162 Å². The molecule has 27 heavy (non-hydrogen) atoms. The minimum absolute atomic E-state index is 0.0604. The second kappa shape index (κ2) is 8.94. The van der Waals surface area contributed by atoms with Crippen molar-refractivity contribution in [2.24, 2.45) is 5.92 Å². The van der Waals surface area contributed by atoms with E-state index in [9.17, 15) is 4.79 Å². The van der Waals surface area contributed by atoms with Crippen LogP contribution in [0.15, 0.2) is 54.6 Å². The molecular formula is C23H30N2O2. The van der Waals surface area contributed by atoms with Crippen molar-refractivity contribution >= 4 is 11.6 Å². The van der Waals surface area contributed by atoms with E-state index in [1.807, 2.05) is 37.3 Å². The van der Waals surface area contributed by atoms with E-state index < -0.39 is 6.10 Å². The molecule has 0 spiro atoms. The summed E-state index contributed by atoms with van der Waals surface area (Å²) in [7, 11) is 0. The van der Waals surface area contributed by atoms with Crippen molar-refractivity contribution < 1.29 is 9.53 Å². The van der Waals surface area contributed by atoms with Gasteiger partial charge in [0, 0.05) is 18.8 Å². The first kappa shape index (κ1) is 19.3. The standard InChI is InChI=1S/C23H30N2O2/c1-17-13-15-25(16-14-17)21-11-9-20(10-12-21)18(2)24-23(26)19(3)27-22-7-5-4-6-8-22/h4-12,17-19H,13-16H2,1-3H3,(H,24,26)/t18-,19+/m0/s1. The van der Waals surface area contributed by atoms with Crippen LogP contribution < -0.4 is 15.0 Å². The van der Waals surface area contributed by atoms with Crippen molar-refractivity contribution in [1.29, 1.82) is 0 Å². The van der Waals surface area contributed by atoms with E-state index in [1.54, 1.807) is 6.92 Å². The summed E-state index contributed by atoms with van der Waals surface area (Å²) in [6.45, 7) is 8.36. The van der Waals surface area contributed by atoms with Crippen LogP contribution in [-0.4, -0.2) is 25.1 Å². The maximum atomic E-state index is 12.4. The van der Waals surface area contributed by atoms with Gasteiger partial charge >= 0.3 is 0 Å². The lowest BCUT2D eigenvalue weighted by Gasteiger charge is -2.32. The summed E-state index contributed by atoms with van der Waals surface area (Å²) >= 11 is 0. The fraction of sp³-hybridized carbons (Fsp3) is 0.435. The molecule has 1 aliphatic rings. The van der Waals surface area contributed by atoms with Gasteiger partial charge in [-0.05, 0) is 62.4 Å². The van der Waals surface area contributed by atoms with E-state index >= 15 is 0 Å². The average molecular weight is 367 g/mol. The van der Waals surface area contributed by atoms with Gasteiger partial charge < -0.3 is 15.0 Å². The monoisotopic (exact) mass is 366 g/mol. The van der Waals surface area contributed by atoms with Crippen LogP contribution in [0.1, 0.15) is 45.2 Å². The molecule has 0 aliphatic carbocycles. The Hall–Kier alpha value is -2.49. The van der Waals surface area contributed by atoms with Crippen molar-refractivity contribution in [1.82, 2.24) is 5.32 Å². The molecule has 1 heterocycles. The van der Waals surface area contributed by atoms with Crippen molar-refractivity contribution in [3.05, 3.63) is 60.2 Å². The smallest absolute Gasteiger partial charge is 0.261 e. The average Bonchev–Trinajstić information content (AvgIpc) is 2.69. The fourth-order valence-electron chi connectivity index (χ4n) is 3.41. The highest BCUT2D eigenvalue weighted by molar-refractivity contribution is 5.81. The van der Waals surface area contributed by atoms with Crippen molar-refractivity contribution in [3.63, 3.8) is 0 Å². The Kier molecular flexibility index (Phi) is 6.38. The molecule has 1 aliphatic heterocycles. The topological polar surface area (TPSA) is 41.6 Å². The van der Waals surface area contributed by atoms with Crippen LogP contribution in [-0.2, 0) is 4.79 Å². The van der Waals surface area contributed by atoms with E-state index in [1.165, 1.54) is 18.5 Å². The second-order valence-corrected chi connectivity index (χ2v) is 7.56. The predicted molar refractivity (Wildman–Crippen MR) is 110 cm³/mol. The summed E-state index contributed by atoms with van der Waals surface area (Å²) in [4.78, 5) is 14.9. The van der Waals surface area contributed by atoms with Gasteiger partial charge in [-0.3, -0.25) is 4.79 Å². The van der Waals surface area contributed by atoms with Gasteiger partial charge in [0.2, 0.25) is 0 Å². The molecule has 2 aromatic rings. The molecule has 4 heteroatoms. The van der Waals surface area contributed by atoms with Crippen LogP contribution in [0, 0.1) is 5.92 Å². The number of nitrogens with one attached hydrogen (secondary N) is 1. The molecule has 0 bridgehead atoms. The highest BCUT2D eigenvalue weighted by atomic mass is 16.5. The number of ether oxygens (including phenoxy) is 1. The molecule has 1 fully saturated rings. The zero-order valence-electron chi connectivity index (χ0n) is 16.5. The number of para-hydroxylation sites is 1. The third kappa shape index (κ3) is 5.25. The van der Waals surface area contributed by atoms with E-state index in [-0.39, 0.29) is 11.9 Å². The number of hydrogen-bond donors (Lipinski definition) is 1. The SMILES string of the molecule is CC1CCN(c2ccc([C@H](C)NC(=O)[C@@H](C)Oc3ccccc3)cc2)CC1. The van der Waals surface area contributed by atoms with Crippen LogP contribution in [0.25, 0.3) is 0 Å². The van der Waals surface area contributed by atoms with Crippen LogP contribution in [0.5, 0.6) is 5.75 Å². The number of hydrogen-bond acceptors (Lipinski definition) is 3. The lowest BCUT2D eigenvalue weighted by atomic mass is 9.98.